The van der Waals surface area contributed by atoms with Gasteiger partial charge >= 0.3 is 0 Å². The van der Waals surface area contributed by atoms with Gasteiger partial charge in [-0.15, -0.1) is 0 Å². The first-order valence-electron chi connectivity index (χ1n) is 8.71. The molecule has 0 fully saturated rings. The topological polar surface area (TPSA) is 8.17 Å². The summed E-state index contributed by atoms with van der Waals surface area (Å²) < 4.78 is 30.1. The van der Waals surface area contributed by atoms with Crippen LogP contribution in [0.2, 0.25) is 5.02 Å². The van der Waals surface area contributed by atoms with E-state index in [0.717, 1.165) is 36.8 Å². The van der Waals surface area contributed by atoms with E-state index in [1.54, 1.807) is 12.1 Å². The van der Waals surface area contributed by atoms with E-state index in [4.69, 9.17) is 11.6 Å². The summed E-state index contributed by atoms with van der Waals surface area (Å²) in [7, 11) is 0. The summed E-state index contributed by atoms with van der Waals surface area (Å²) in [6.07, 6.45) is 3.02. The van der Waals surface area contributed by atoms with Gasteiger partial charge < -0.3 is 4.57 Å². The third kappa shape index (κ3) is 3.27. The van der Waals surface area contributed by atoms with E-state index >= 15 is 0 Å². The number of halogens is 3. The van der Waals surface area contributed by atoms with Crippen molar-refractivity contribution in [1.82, 2.24) is 9.47 Å². The van der Waals surface area contributed by atoms with Crippen molar-refractivity contribution in [1.29, 1.82) is 0 Å². The Labute approximate surface area is 156 Å². The molecule has 0 saturated carbocycles. The van der Waals surface area contributed by atoms with Crippen molar-refractivity contribution in [2.45, 2.75) is 25.6 Å². The summed E-state index contributed by atoms with van der Waals surface area (Å²) in [5.41, 5.74) is 2.62. The molecule has 1 aliphatic heterocycles. The van der Waals surface area contributed by atoms with E-state index in [1.807, 2.05) is 30.3 Å². The van der Waals surface area contributed by atoms with Crippen molar-refractivity contribution < 1.29 is 8.78 Å². The molecule has 1 atom stereocenters. The molecule has 3 aromatic rings. The molecule has 0 aliphatic carbocycles. The van der Waals surface area contributed by atoms with Gasteiger partial charge in [0.25, 0.3) is 0 Å². The van der Waals surface area contributed by atoms with Crippen LogP contribution in [-0.4, -0.2) is 16.0 Å². The van der Waals surface area contributed by atoms with Crippen molar-refractivity contribution in [3.05, 3.63) is 94.3 Å². The molecule has 4 rings (SSSR count). The van der Waals surface area contributed by atoms with Crippen molar-refractivity contribution in [2.24, 2.45) is 0 Å². The van der Waals surface area contributed by atoms with Gasteiger partial charge in [0, 0.05) is 42.1 Å². The molecular formula is C21H19ClF2N2. The van der Waals surface area contributed by atoms with E-state index in [-0.39, 0.29) is 6.04 Å². The van der Waals surface area contributed by atoms with Gasteiger partial charge in [0.2, 0.25) is 0 Å². The molecule has 0 amide bonds. The number of rotatable bonds is 3. The van der Waals surface area contributed by atoms with Gasteiger partial charge in [-0.2, -0.15) is 0 Å². The fourth-order valence-corrected chi connectivity index (χ4v) is 3.85. The Hall–Kier alpha value is -2.17. The number of hydrogen-bond donors (Lipinski definition) is 0. The van der Waals surface area contributed by atoms with Crippen molar-refractivity contribution >= 4 is 11.6 Å². The number of hydrogen-bond acceptors (Lipinski definition) is 1. The van der Waals surface area contributed by atoms with Crippen LogP contribution in [0.25, 0.3) is 0 Å². The van der Waals surface area contributed by atoms with Gasteiger partial charge in [0.05, 0.1) is 6.04 Å². The molecule has 134 valence electrons. The highest BCUT2D eigenvalue weighted by molar-refractivity contribution is 6.30. The largest absolute Gasteiger partial charge is 0.350 e. The first-order valence-corrected chi connectivity index (χ1v) is 9.09. The first-order chi connectivity index (χ1) is 12.6. The van der Waals surface area contributed by atoms with E-state index in [1.165, 1.54) is 0 Å². The van der Waals surface area contributed by atoms with Crippen LogP contribution >= 0.6 is 11.6 Å². The van der Waals surface area contributed by atoms with Gasteiger partial charge in [-0.25, -0.2) is 8.78 Å². The smallest absolute Gasteiger partial charge is 0.163 e. The van der Waals surface area contributed by atoms with Crippen LogP contribution in [0.5, 0.6) is 0 Å². The molecular weight excluding hydrogens is 354 g/mol. The molecule has 2 nitrogen and oxygen atoms in total. The summed E-state index contributed by atoms with van der Waals surface area (Å²) in [4.78, 5) is 2.21. The van der Waals surface area contributed by atoms with Gasteiger partial charge in [-0.1, -0.05) is 35.9 Å². The average molecular weight is 373 g/mol. The second-order valence-corrected chi connectivity index (χ2v) is 7.05. The lowest BCUT2D eigenvalue weighted by molar-refractivity contribution is 0.216. The Balaban J connectivity index is 1.76. The summed E-state index contributed by atoms with van der Waals surface area (Å²) >= 11 is 6.06. The molecule has 0 radical (unpaired) electrons. The van der Waals surface area contributed by atoms with Crippen LogP contribution in [-0.2, 0) is 13.1 Å². The first kappa shape index (κ1) is 17.3. The molecule has 2 aromatic carbocycles. The number of nitrogens with zero attached hydrogens (tertiary/aromatic N) is 2. The molecule has 0 bridgehead atoms. The fourth-order valence-electron chi connectivity index (χ4n) is 3.73. The van der Waals surface area contributed by atoms with Gasteiger partial charge in [-0.05, 0) is 42.3 Å². The summed E-state index contributed by atoms with van der Waals surface area (Å²) in [6.45, 7) is 2.06. The Morgan fingerprint density at radius 3 is 2.58 bits per heavy atom. The van der Waals surface area contributed by atoms with Gasteiger partial charge in [0.1, 0.15) is 0 Å². The summed E-state index contributed by atoms with van der Waals surface area (Å²) in [5.74, 6) is -1.56. The Kier molecular flexibility index (Phi) is 4.79. The van der Waals surface area contributed by atoms with E-state index in [9.17, 15) is 8.78 Å². The number of fused-ring (bicyclic) bond motifs is 1. The standard InChI is InChI=1S/C21H19ClF2N2/c22-17-9-7-15(8-10-17)21-19-6-2-11-25(19)12-3-13-26(21)14-16-4-1-5-18(23)20(16)24/h1-2,4-11,21H,3,12-14H2. The predicted molar refractivity (Wildman–Crippen MR) is 99.1 cm³/mol. The maximum atomic E-state index is 14.3. The van der Waals surface area contributed by atoms with Crippen LogP contribution in [0.15, 0.2) is 60.8 Å². The second kappa shape index (κ2) is 7.22. The molecule has 1 aromatic heterocycles. The predicted octanol–water partition coefficient (Wildman–Crippen LogP) is 5.42. The van der Waals surface area contributed by atoms with Crippen LogP contribution in [0.1, 0.15) is 29.3 Å². The number of aromatic nitrogens is 1. The van der Waals surface area contributed by atoms with E-state index in [0.29, 0.717) is 17.1 Å². The van der Waals surface area contributed by atoms with Crippen molar-refractivity contribution in [3.63, 3.8) is 0 Å². The lowest BCUT2D eigenvalue weighted by atomic mass is 10.0. The maximum Gasteiger partial charge on any atom is 0.163 e. The third-order valence-electron chi connectivity index (χ3n) is 4.95. The maximum absolute atomic E-state index is 14.3. The van der Waals surface area contributed by atoms with Crippen molar-refractivity contribution in [2.75, 3.05) is 6.54 Å². The average Bonchev–Trinajstić information content (AvgIpc) is 3.02. The Bertz CT molecular complexity index is 905. The third-order valence-corrected chi connectivity index (χ3v) is 5.20. The second-order valence-electron chi connectivity index (χ2n) is 6.62. The minimum absolute atomic E-state index is 0.0348. The highest BCUT2D eigenvalue weighted by Crippen LogP contribution is 2.34. The zero-order valence-electron chi connectivity index (χ0n) is 14.2. The fraction of sp³-hybridized carbons (Fsp3) is 0.238. The number of aryl methyl sites for hydroxylation is 1. The molecule has 1 unspecified atom stereocenters. The lowest BCUT2D eigenvalue weighted by Gasteiger charge is -2.31. The van der Waals surface area contributed by atoms with Crippen LogP contribution in [0.4, 0.5) is 8.78 Å². The van der Waals surface area contributed by atoms with E-state index < -0.39 is 11.6 Å². The molecule has 0 N–H and O–H groups in total. The molecule has 0 saturated heterocycles. The van der Waals surface area contributed by atoms with Crippen LogP contribution in [0, 0.1) is 11.6 Å². The Morgan fingerprint density at radius 1 is 0.962 bits per heavy atom. The molecule has 1 aliphatic rings. The number of benzene rings is 2. The minimum atomic E-state index is -0.802. The van der Waals surface area contributed by atoms with Gasteiger partial charge in [0.15, 0.2) is 11.6 Å². The zero-order valence-corrected chi connectivity index (χ0v) is 15.0. The van der Waals surface area contributed by atoms with Crippen LogP contribution in [0.3, 0.4) is 0 Å². The highest BCUT2D eigenvalue weighted by Gasteiger charge is 2.28. The van der Waals surface area contributed by atoms with E-state index in [2.05, 4.69) is 21.7 Å². The highest BCUT2D eigenvalue weighted by atomic mass is 35.5. The SMILES string of the molecule is Fc1cccc(CN2CCCn3cccc3C2c2ccc(Cl)cc2)c1F. The summed E-state index contributed by atoms with van der Waals surface area (Å²) in [6, 6.07) is 16.2. The minimum Gasteiger partial charge on any atom is -0.350 e. The summed E-state index contributed by atoms with van der Waals surface area (Å²) in [5, 5.41) is 0.681. The normalized spacial score (nSPS) is 17.7. The zero-order chi connectivity index (χ0) is 18.1. The van der Waals surface area contributed by atoms with Gasteiger partial charge in [-0.3, -0.25) is 4.90 Å². The molecule has 5 heteroatoms. The van der Waals surface area contributed by atoms with Crippen molar-refractivity contribution in [3.8, 4) is 0 Å². The molecule has 0 spiro atoms. The molecule has 2 heterocycles. The monoisotopic (exact) mass is 372 g/mol. The molecule has 26 heavy (non-hydrogen) atoms. The lowest BCUT2D eigenvalue weighted by Crippen LogP contribution is -2.30. The van der Waals surface area contributed by atoms with Crippen LogP contribution < -0.4 is 0 Å². The quantitative estimate of drug-likeness (QED) is 0.596. The Morgan fingerprint density at radius 2 is 1.77 bits per heavy atom.